The number of hydrogen-bond acceptors (Lipinski definition) is 7. The molecule has 12 heteroatoms. The zero-order valence-corrected chi connectivity index (χ0v) is 20.3. The van der Waals surface area contributed by atoms with Crippen LogP contribution in [0, 0.1) is 0 Å². The smallest absolute Gasteiger partial charge is 0.416 e. The second kappa shape index (κ2) is 11.5. The van der Waals surface area contributed by atoms with Crippen molar-refractivity contribution in [3.8, 4) is 34.0 Å². The second-order valence-electron chi connectivity index (χ2n) is 8.64. The summed E-state index contributed by atoms with van der Waals surface area (Å²) in [5.41, 5.74) is 6.39. The van der Waals surface area contributed by atoms with Gasteiger partial charge in [-0.05, 0) is 24.3 Å². The van der Waals surface area contributed by atoms with Crippen LogP contribution >= 0.6 is 0 Å². The summed E-state index contributed by atoms with van der Waals surface area (Å²) in [4.78, 5) is 23.7. The molecule has 0 spiro atoms. The van der Waals surface area contributed by atoms with Crippen LogP contribution in [0.5, 0.6) is 0 Å². The minimum absolute atomic E-state index is 0.0586. The summed E-state index contributed by atoms with van der Waals surface area (Å²) in [7, 11) is 0. The number of rotatable bonds is 9. The third-order valence-electron chi connectivity index (χ3n) is 5.70. The number of carboxylic acid groups (broad SMARTS) is 1. The number of nitrogen functional groups attached to an aromatic ring is 1. The summed E-state index contributed by atoms with van der Waals surface area (Å²) in [6.07, 6.45) is -3.88. The fourth-order valence-corrected chi connectivity index (χ4v) is 4.00. The Kier molecular flexibility index (Phi) is 8.07. The van der Waals surface area contributed by atoms with E-state index in [1.807, 2.05) is 0 Å². The molecule has 0 aliphatic heterocycles. The molecule has 2 heterocycles. The third-order valence-corrected chi connectivity index (χ3v) is 5.70. The van der Waals surface area contributed by atoms with Crippen LogP contribution in [0.2, 0.25) is 0 Å². The lowest BCUT2D eigenvalue weighted by molar-refractivity contribution is -0.139. The summed E-state index contributed by atoms with van der Waals surface area (Å²) in [6, 6.07) is 15.1. The molecule has 2 aromatic carbocycles. The molecule has 4 aromatic rings. The number of benzene rings is 2. The Labute approximate surface area is 220 Å². The van der Waals surface area contributed by atoms with Crippen LogP contribution in [-0.4, -0.2) is 53.0 Å². The number of hydrogen-bond donors (Lipinski definition) is 4. The van der Waals surface area contributed by atoms with Crippen LogP contribution in [-0.2, 0) is 11.0 Å². The minimum Gasteiger partial charge on any atom is -0.481 e. The molecule has 0 saturated heterocycles. The van der Waals surface area contributed by atoms with Crippen LogP contribution < -0.4 is 5.73 Å². The van der Waals surface area contributed by atoms with Gasteiger partial charge in [0.1, 0.15) is 11.5 Å². The molecule has 0 fully saturated rings. The number of aliphatic carboxylic acids is 1. The molecule has 0 aliphatic carbocycles. The molecule has 39 heavy (non-hydrogen) atoms. The van der Waals surface area contributed by atoms with Crippen molar-refractivity contribution >= 4 is 18.1 Å². The lowest BCUT2D eigenvalue weighted by atomic mass is 10.0. The number of halogens is 3. The standard InChI is InChI=1S/C27H24F3N5O4/c28-27(29,30)18-8-4-7-17(13-18)24-23(21-9-11-32-26(31)33-21)34-25(16-5-2-1-3-6-16)35(24)12-10-19(36)14-20(37)15-22(38)39/h1-13,19-20,36-37H,14-15H2,(H,38,39)(H2,31,32,33)/b12-10+/t19-,20-/m1/s1. The summed E-state index contributed by atoms with van der Waals surface area (Å²) in [5, 5.41) is 29.2. The van der Waals surface area contributed by atoms with Gasteiger partial charge in [-0.1, -0.05) is 42.5 Å². The summed E-state index contributed by atoms with van der Waals surface area (Å²) >= 11 is 0. The lowest BCUT2D eigenvalue weighted by Gasteiger charge is -2.14. The fraction of sp³-hybridized carbons (Fsp3) is 0.185. The fourth-order valence-electron chi connectivity index (χ4n) is 4.00. The first-order valence-electron chi connectivity index (χ1n) is 11.7. The molecule has 0 bridgehead atoms. The van der Waals surface area contributed by atoms with Gasteiger partial charge in [-0.2, -0.15) is 13.2 Å². The van der Waals surface area contributed by atoms with Crippen molar-refractivity contribution in [3.63, 3.8) is 0 Å². The average Bonchev–Trinajstić information content (AvgIpc) is 3.26. The van der Waals surface area contributed by atoms with Crippen molar-refractivity contribution in [2.75, 3.05) is 5.73 Å². The monoisotopic (exact) mass is 539 g/mol. The maximum atomic E-state index is 13.6. The molecule has 2 aromatic heterocycles. The van der Waals surface area contributed by atoms with Crippen LogP contribution in [0.4, 0.5) is 19.1 Å². The van der Waals surface area contributed by atoms with Crippen molar-refractivity contribution in [1.82, 2.24) is 19.5 Å². The molecule has 0 amide bonds. The van der Waals surface area contributed by atoms with Gasteiger partial charge in [-0.15, -0.1) is 0 Å². The number of aromatic nitrogens is 4. The van der Waals surface area contributed by atoms with E-state index >= 15 is 0 Å². The van der Waals surface area contributed by atoms with Gasteiger partial charge >= 0.3 is 12.1 Å². The van der Waals surface area contributed by atoms with E-state index in [4.69, 9.17) is 15.8 Å². The third kappa shape index (κ3) is 6.67. The Hall–Kier alpha value is -4.55. The average molecular weight is 540 g/mol. The van der Waals surface area contributed by atoms with Gasteiger partial charge in [0.25, 0.3) is 0 Å². The maximum Gasteiger partial charge on any atom is 0.416 e. The molecule has 5 N–H and O–H groups in total. The van der Waals surface area contributed by atoms with E-state index < -0.39 is 36.3 Å². The number of aliphatic hydroxyl groups is 2. The van der Waals surface area contributed by atoms with Crippen LogP contribution in [0.1, 0.15) is 18.4 Å². The Morgan fingerprint density at radius 2 is 1.74 bits per heavy atom. The van der Waals surface area contributed by atoms with E-state index in [0.29, 0.717) is 11.4 Å². The van der Waals surface area contributed by atoms with E-state index in [1.54, 1.807) is 30.3 Å². The first-order valence-corrected chi connectivity index (χ1v) is 11.7. The van der Waals surface area contributed by atoms with Crippen LogP contribution in [0.25, 0.3) is 40.2 Å². The predicted molar refractivity (Wildman–Crippen MR) is 138 cm³/mol. The largest absolute Gasteiger partial charge is 0.481 e. The number of anilines is 1. The van der Waals surface area contributed by atoms with Crippen LogP contribution in [0.15, 0.2) is 72.9 Å². The Morgan fingerprint density at radius 3 is 2.41 bits per heavy atom. The van der Waals surface area contributed by atoms with Gasteiger partial charge in [0.15, 0.2) is 0 Å². The maximum absolute atomic E-state index is 13.6. The van der Waals surface area contributed by atoms with Gasteiger partial charge in [-0.3, -0.25) is 9.36 Å². The van der Waals surface area contributed by atoms with Gasteiger partial charge in [0.05, 0.1) is 35.6 Å². The lowest BCUT2D eigenvalue weighted by Crippen LogP contribution is -2.19. The number of carboxylic acids is 1. The summed E-state index contributed by atoms with van der Waals surface area (Å²) in [5.74, 6) is -0.957. The van der Waals surface area contributed by atoms with Gasteiger partial charge < -0.3 is 21.1 Å². The highest BCUT2D eigenvalue weighted by Gasteiger charge is 2.31. The number of imidazole rings is 1. The minimum atomic E-state index is -4.60. The summed E-state index contributed by atoms with van der Waals surface area (Å²) < 4.78 is 42.4. The Bertz CT molecular complexity index is 1490. The molecule has 202 valence electrons. The number of carbonyl (C=O) groups is 1. The van der Waals surface area contributed by atoms with E-state index in [0.717, 1.165) is 12.1 Å². The topological polar surface area (TPSA) is 147 Å². The van der Waals surface area contributed by atoms with E-state index in [9.17, 15) is 28.2 Å². The molecule has 2 atom stereocenters. The highest BCUT2D eigenvalue weighted by atomic mass is 19.4. The van der Waals surface area contributed by atoms with Crippen molar-refractivity contribution in [3.05, 3.63) is 78.5 Å². The summed E-state index contributed by atoms with van der Waals surface area (Å²) in [6.45, 7) is 0. The van der Waals surface area contributed by atoms with Gasteiger partial charge in [-0.25, -0.2) is 15.0 Å². The number of alkyl halides is 3. The number of nitrogens with two attached hydrogens (primary N) is 1. The zero-order valence-electron chi connectivity index (χ0n) is 20.3. The van der Waals surface area contributed by atoms with Crippen molar-refractivity contribution in [2.24, 2.45) is 0 Å². The van der Waals surface area contributed by atoms with Crippen molar-refractivity contribution < 1.29 is 33.3 Å². The van der Waals surface area contributed by atoms with Gasteiger partial charge in [0.2, 0.25) is 5.95 Å². The molecule has 0 aliphatic rings. The predicted octanol–water partition coefficient (Wildman–Crippen LogP) is 4.33. The van der Waals surface area contributed by atoms with Crippen LogP contribution in [0.3, 0.4) is 0 Å². The molecule has 0 unspecified atom stereocenters. The SMILES string of the molecule is Nc1nccc(-c2nc(-c3ccccc3)n(/C=C/[C@@H](O)C[C@@H](O)CC(=O)O)c2-c2cccc(C(F)(F)F)c2)n1. The zero-order chi connectivity index (χ0) is 28.2. The Morgan fingerprint density at radius 1 is 1.03 bits per heavy atom. The van der Waals surface area contributed by atoms with Crippen molar-refractivity contribution in [1.29, 1.82) is 0 Å². The molecular formula is C27H24F3N5O4. The molecule has 0 saturated carbocycles. The first-order chi connectivity index (χ1) is 18.5. The highest BCUT2D eigenvalue weighted by Crippen LogP contribution is 2.38. The van der Waals surface area contributed by atoms with E-state index in [1.165, 1.54) is 41.2 Å². The van der Waals surface area contributed by atoms with Gasteiger partial charge in [0, 0.05) is 29.9 Å². The normalized spacial score (nSPS) is 13.5. The first kappa shape index (κ1) is 27.5. The molecule has 0 radical (unpaired) electrons. The van der Waals surface area contributed by atoms with E-state index in [2.05, 4.69) is 9.97 Å². The number of nitrogens with zero attached hydrogens (tertiary/aromatic N) is 4. The van der Waals surface area contributed by atoms with E-state index in [-0.39, 0.29) is 35.0 Å². The van der Waals surface area contributed by atoms with Crippen molar-refractivity contribution in [2.45, 2.75) is 31.2 Å². The second-order valence-corrected chi connectivity index (χ2v) is 8.64. The number of aliphatic hydroxyl groups excluding tert-OH is 2. The molecular weight excluding hydrogens is 515 g/mol. The quantitative estimate of drug-likeness (QED) is 0.246. The molecule has 9 nitrogen and oxygen atoms in total. The Balaban J connectivity index is 1.93. The highest BCUT2D eigenvalue weighted by molar-refractivity contribution is 5.83. The molecule has 4 rings (SSSR count).